The van der Waals surface area contributed by atoms with Crippen molar-refractivity contribution >= 4 is 10.0 Å². The van der Waals surface area contributed by atoms with Gasteiger partial charge in [-0.1, -0.05) is 6.07 Å². The lowest BCUT2D eigenvalue weighted by molar-refractivity contribution is 0.0898. The van der Waals surface area contributed by atoms with Crippen molar-refractivity contribution in [3.8, 4) is 0 Å². The summed E-state index contributed by atoms with van der Waals surface area (Å²) in [4.78, 5) is 1.87. The van der Waals surface area contributed by atoms with Gasteiger partial charge in [0, 0.05) is 44.4 Å². The van der Waals surface area contributed by atoms with E-state index in [1.54, 1.807) is 6.92 Å². The number of hydrogen-bond donors (Lipinski definition) is 1. The van der Waals surface area contributed by atoms with Gasteiger partial charge in [0.1, 0.15) is 11.6 Å². The number of nitrogens with zero attached hydrogens (tertiary/aromatic N) is 2. The second-order valence-electron chi connectivity index (χ2n) is 5.28. The van der Waals surface area contributed by atoms with Gasteiger partial charge in [-0.15, -0.1) is 0 Å². The topological polar surface area (TPSA) is 60.9 Å². The van der Waals surface area contributed by atoms with E-state index in [-0.39, 0.29) is 17.9 Å². The molecule has 124 valence electrons. The van der Waals surface area contributed by atoms with Crippen LogP contribution in [0.4, 0.5) is 8.78 Å². The Morgan fingerprint density at radius 1 is 1.23 bits per heavy atom. The minimum atomic E-state index is -3.19. The molecule has 1 saturated heterocycles. The minimum absolute atomic E-state index is 0.0463. The van der Waals surface area contributed by atoms with Crippen molar-refractivity contribution in [1.29, 1.82) is 0 Å². The van der Waals surface area contributed by atoms with E-state index in [0.717, 1.165) is 12.1 Å². The summed E-state index contributed by atoms with van der Waals surface area (Å²) in [5.41, 5.74) is 0.0463. The molecule has 1 unspecified atom stereocenters. The summed E-state index contributed by atoms with van der Waals surface area (Å²) < 4.78 is 51.4. The first-order valence-electron chi connectivity index (χ1n) is 7.16. The van der Waals surface area contributed by atoms with Crippen molar-refractivity contribution in [2.45, 2.75) is 13.0 Å². The van der Waals surface area contributed by atoms with E-state index in [2.05, 4.69) is 0 Å². The number of hydrogen-bond acceptors (Lipinski definition) is 4. The van der Waals surface area contributed by atoms with Crippen molar-refractivity contribution in [1.82, 2.24) is 9.21 Å². The molecule has 8 heteroatoms. The Balaban J connectivity index is 1.93. The third-order valence-corrected chi connectivity index (χ3v) is 5.72. The highest BCUT2D eigenvalue weighted by Gasteiger charge is 2.27. The Bertz CT molecular complexity index is 617. The predicted octanol–water partition coefficient (Wildman–Crippen LogP) is 0.965. The van der Waals surface area contributed by atoms with E-state index in [4.69, 9.17) is 0 Å². The van der Waals surface area contributed by atoms with Crippen LogP contribution in [0.5, 0.6) is 0 Å². The number of benzene rings is 1. The van der Waals surface area contributed by atoms with E-state index < -0.39 is 27.8 Å². The Kier molecular flexibility index (Phi) is 5.49. The van der Waals surface area contributed by atoms with E-state index in [1.807, 2.05) is 4.90 Å². The maximum Gasteiger partial charge on any atom is 0.213 e. The van der Waals surface area contributed by atoms with Gasteiger partial charge in [-0.05, 0) is 13.0 Å². The molecule has 1 aliphatic rings. The monoisotopic (exact) mass is 334 g/mol. The lowest BCUT2D eigenvalue weighted by Crippen LogP contribution is -2.49. The molecular formula is C14H20F2N2O3S. The molecule has 0 aliphatic carbocycles. The molecule has 1 heterocycles. The Morgan fingerprint density at radius 3 is 2.41 bits per heavy atom. The molecular weight excluding hydrogens is 314 g/mol. The Morgan fingerprint density at radius 2 is 1.86 bits per heavy atom. The quantitative estimate of drug-likeness (QED) is 0.871. The molecule has 0 radical (unpaired) electrons. The van der Waals surface area contributed by atoms with Crippen LogP contribution in [-0.2, 0) is 10.0 Å². The van der Waals surface area contributed by atoms with E-state index in [1.165, 1.54) is 10.4 Å². The smallest absolute Gasteiger partial charge is 0.213 e. The van der Waals surface area contributed by atoms with Gasteiger partial charge >= 0.3 is 0 Å². The first-order valence-corrected chi connectivity index (χ1v) is 8.77. The maximum atomic E-state index is 13.6. The van der Waals surface area contributed by atoms with Crippen LogP contribution in [0.25, 0.3) is 0 Å². The second kappa shape index (κ2) is 6.99. The first-order chi connectivity index (χ1) is 10.3. The molecule has 0 saturated carbocycles. The molecule has 1 atom stereocenters. The molecule has 1 aliphatic heterocycles. The molecule has 1 aromatic rings. The molecule has 0 spiro atoms. The normalized spacial score (nSPS) is 19.3. The van der Waals surface area contributed by atoms with Crippen LogP contribution < -0.4 is 0 Å². The predicted molar refractivity (Wildman–Crippen MR) is 78.8 cm³/mol. The molecule has 1 aromatic carbocycles. The zero-order valence-electron chi connectivity index (χ0n) is 12.4. The van der Waals surface area contributed by atoms with Gasteiger partial charge in [0.05, 0.1) is 11.9 Å². The third kappa shape index (κ3) is 4.01. The number of aliphatic hydroxyl groups excluding tert-OH is 1. The van der Waals surface area contributed by atoms with Crippen LogP contribution in [0.2, 0.25) is 0 Å². The highest BCUT2D eigenvalue weighted by molar-refractivity contribution is 7.89. The summed E-state index contributed by atoms with van der Waals surface area (Å²) in [6.45, 7) is 3.44. The van der Waals surface area contributed by atoms with Crippen molar-refractivity contribution in [3.63, 3.8) is 0 Å². The molecule has 0 aromatic heterocycles. The van der Waals surface area contributed by atoms with Crippen LogP contribution in [0.15, 0.2) is 18.2 Å². The van der Waals surface area contributed by atoms with Gasteiger partial charge in [0.25, 0.3) is 0 Å². The summed E-state index contributed by atoms with van der Waals surface area (Å²) >= 11 is 0. The number of piperazine rings is 1. The van der Waals surface area contributed by atoms with Crippen molar-refractivity contribution in [2.24, 2.45) is 0 Å². The fourth-order valence-electron chi connectivity index (χ4n) is 2.49. The number of aliphatic hydroxyl groups is 1. The second-order valence-corrected chi connectivity index (χ2v) is 7.54. The van der Waals surface area contributed by atoms with E-state index in [9.17, 15) is 22.3 Å². The number of rotatable bonds is 5. The summed E-state index contributed by atoms with van der Waals surface area (Å²) in [6.07, 6.45) is -1.07. The number of sulfonamides is 1. The van der Waals surface area contributed by atoms with Gasteiger partial charge in [0.15, 0.2) is 0 Å². The van der Waals surface area contributed by atoms with Crippen LogP contribution in [0, 0.1) is 11.6 Å². The van der Waals surface area contributed by atoms with Gasteiger partial charge < -0.3 is 5.11 Å². The summed E-state index contributed by atoms with van der Waals surface area (Å²) in [7, 11) is -3.19. The Labute approximate surface area is 129 Å². The fraction of sp³-hybridized carbons (Fsp3) is 0.571. The summed E-state index contributed by atoms with van der Waals surface area (Å²) in [5.74, 6) is -1.40. The zero-order valence-corrected chi connectivity index (χ0v) is 13.2. The van der Waals surface area contributed by atoms with Crippen LogP contribution in [0.1, 0.15) is 18.6 Å². The average Bonchev–Trinajstić information content (AvgIpc) is 2.47. The number of halogens is 2. The maximum absolute atomic E-state index is 13.6. The molecule has 22 heavy (non-hydrogen) atoms. The molecule has 0 amide bonds. The van der Waals surface area contributed by atoms with Gasteiger partial charge in [0.2, 0.25) is 10.0 Å². The molecule has 5 nitrogen and oxygen atoms in total. The van der Waals surface area contributed by atoms with E-state index >= 15 is 0 Å². The van der Waals surface area contributed by atoms with Crippen LogP contribution in [-0.4, -0.2) is 61.2 Å². The molecule has 1 N–H and O–H groups in total. The fourth-order valence-corrected chi connectivity index (χ4v) is 3.57. The Hall–Kier alpha value is -1.09. The van der Waals surface area contributed by atoms with E-state index in [0.29, 0.717) is 26.2 Å². The lowest BCUT2D eigenvalue weighted by Gasteiger charge is -2.34. The van der Waals surface area contributed by atoms with Gasteiger partial charge in [-0.3, -0.25) is 4.90 Å². The molecule has 0 bridgehead atoms. The van der Waals surface area contributed by atoms with Crippen molar-refractivity contribution in [3.05, 3.63) is 35.4 Å². The summed E-state index contributed by atoms with van der Waals surface area (Å²) in [5, 5.41) is 10.1. The zero-order chi connectivity index (χ0) is 16.3. The van der Waals surface area contributed by atoms with Crippen molar-refractivity contribution < 1.29 is 22.3 Å². The SMILES string of the molecule is CCS(=O)(=O)N1CCN(CC(O)c2ccc(F)cc2F)CC1. The highest BCUT2D eigenvalue weighted by atomic mass is 32.2. The first kappa shape index (κ1) is 17.3. The molecule has 1 fully saturated rings. The van der Waals surface area contributed by atoms with Crippen molar-refractivity contribution in [2.75, 3.05) is 38.5 Å². The van der Waals surface area contributed by atoms with Crippen LogP contribution in [0.3, 0.4) is 0 Å². The standard InChI is InChI=1S/C14H20F2N2O3S/c1-2-22(20,21)18-7-5-17(6-8-18)10-14(19)12-4-3-11(15)9-13(12)16/h3-4,9,14,19H,2,5-8,10H2,1H3. The average molecular weight is 334 g/mol. The lowest BCUT2D eigenvalue weighted by atomic mass is 10.1. The van der Waals surface area contributed by atoms with Gasteiger partial charge in [-0.2, -0.15) is 4.31 Å². The highest BCUT2D eigenvalue weighted by Crippen LogP contribution is 2.20. The third-order valence-electron chi connectivity index (χ3n) is 3.84. The summed E-state index contributed by atoms with van der Waals surface area (Å²) in [6, 6.07) is 3.07. The number of β-amino-alcohol motifs (C(OH)–C–C–N with tert-alkyl or cyclic N) is 1. The van der Waals surface area contributed by atoms with Crippen LogP contribution >= 0.6 is 0 Å². The largest absolute Gasteiger partial charge is 0.387 e. The minimum Gasteiger partial charge on any atom is -0.387 e. The molecule has 2 rings (SSSR count). The van der Waals surface area contributed by atoms with Gasteiger partial charge in [-0.25, -0.2) is 17.2 Å².